The van der Waals surface area contributed by atoms with Gasteiger partial charge in [-0.2, -0.15) is 16.1 Å². The zero-order valence-electron chi connectivity index (χ0n) is 11.5. The molecule has 1 heterocycles. The Morgan fingerprint density at radius 3 is 2.86 bits per heavy atom. The summed E-state index contributed by atoms with van der Waals surface area (Å²) in [6.45, 7) is 2.22. The molecule has 0 bridgehead atoms. The number of thioether (sulfide) groups is 1. The van der Waals surface area contributed by atoms with E-state index in [0.29, 0.717) is 22.5 Å². The van der Waals surface area contributed by atoms with Crippen LogP contribution in [0.4, 0.5) is 0 Å². The molecule has 21 heavy (non-hydrogen) atoms. The first-order valence-electron chi connectivity index (χ1n) is 6.40. The summed E-state index contributed by atoms with van der Waals surface area (Å²) in [5.41, 5.74) is 0.956. The van der Waals surface area contributed by atoms with E-state index < -0.39 is 22.0 Å². The normalized spacial score (nSPS) is 20.4. The molecule has 1 aliphatic heterocycles. The zero-order chi connectivity index (χ0) is 15.6. The van der Waals surface area contributed by atoms with E-state index >= 15 is 0 Å². The van der Waals surface area contributed by atoms with E-state index in [1.54, 1.807) is 30.0 Å². The van der Waals surface area contributed by atoms with Crippen LogP contribution in [0.5, 0.6) is 0 Å². The lowest BCUT2D eigenvalue weighted by atomic mass is 10.2. The number of carboxylic acids is 1. The van der Waals surface area contributed by atoms with Crippen molar-refractivity contribution in [3.8, 4) is 0 Å². The Balaban J connectivity index is 2.38. The van der Waals surface area contributed by atoms with Gasteiger partial charge in [0.1, 0.15) is 0 Å². The number of aliphatic carboxylic acids is 1. The molecule has 1 fully saturated rings. The number of carbonyl (C=O) groups is 1. The first-order valence-corrected chi connectivity index (χ1v) is 9.78. The highest BCUT2D eigenvalue weighted by Crippen LogP contribution is 2.30. The number of carboxylic acid groups (broad SMARTS) is 1. The van der Waals surface area contributed by atoms with Gasteiger partial charge in [-0.15, -0.1) is 0 Å². The van der Waals surface area contributed by atoms with Gasteiger partial charge in [0.15, 0.2) is 0 Å². The Bertz CT molecular complexity index is 648. The second kappa shape index (κ2) is 6.68. The molecule has 1 saturated heterocycles. The van der Waals surface area contributed by atoms with E-state index in [1.807, 2.05) is 6.92 Å². The number of rotatable bonds is 4. The second-order valence-corrected chi connectivity index (χ2v) is 8.74. The second-order valence-electron chi connectivity index (χ2n) is 4.88. The van der Waals surface area contributed by atoms with E-state index in [0.717, 1.165) is 5.56 Å². The minimum atomic E-state index is -3.69. The van der Waals surface area contributed by atoms with Crippen LogP contribution in [0.25, 0.3) is 0 Å². The summed E-state index contributed by atoms with van der Waals surface area (Å²) >= 11 is 4.88. The predicted octanol–water partition coefficient (Wildman–Crippen LogP) is 2.34. The van der Waals surface area contributed by atoms with E-state index in [1.165, 1.54) is 4.31 Å². The Morgan fingerprint density at radius 2 is 2.24 bits per heavy atom. The molecule has 116 valence electrons. The number of hydrogen-bond donors (Lipinski definition) is 1. The number of aryl methyl sites for hydroxylation is 1. The average Bonchev–Trinajstić information content (AvgIpc) is 2.37. The van der Waals surface area contributed by atoms with E-state index in [-0.39, 0.29) is 11.3 Å². The minimum Gasteiger partial charge on any atom is -0.481 e. The summed E-state index contributed by atoms with van der Waals surface area (Å²) < 4.78 is 27.4. The van der Waals surface area contributed by atoms with Crippen LogP contribution in [0.2, 0.25) is 0 Å². The number of sulfonamides is 1. The van der Waals surface area contributed by atoms with Crippen molar-refractivity contribution in [3.63, 3.8) is 0 Å². The molecule has 1 aliphatic rings. The first-order chi connectivity index (χ1) is 9.82. The smallest absolute Gasteiger partial charge is 0.305 e. The summed E-state index contributed by atoms with van der Waals surface area (Å²) in [5, 5.41) is 8.97. The third kappa shape index (κ3) is 3.80. The molecular formula is C13H16BrNO4S2. The van der Waals surface area contributed by atoms with Gasteiger partial charge in [0.05, 0.1) is 11.3 Å². The highest BCUT2D eigenvalue weighted by Gasteiger charge is 2.35. The lowest BCUT2D eigenvalue weighted by Crippen LogP contribution is -2.47. The molecule has 0 aromatic heterocycles. The van der Waals surface area contributed by atoms with Gasteiger partial charge >= 0.3 is 5.97 Å². The third-order valence-corrected chi connectivity index (χ3v) is 7.28. The molecular weight excluding hydrogens is 378 g/mol. The lowest BCUT2D eigenvalue weighted by molar-refractivity contribution is -0.137. The molecule has 1 aromatic rings. The molecule has 2 rings (SSSR count). The minimum absolute atomic E-state index is 0.171. The maximum Gasteiger partial charge on any atom is 0.305 e. The Morgan fingerprint density at radius 1 is 1.52 bits per heavy atom. The van der Waals surface area contributed by atoms with Crippen molar-refractivity contribution in [3.05, 3.63) is 28.2 Å². The summed E-state index contributed by atoms with van der Waals surface area (Å²) in [4.78, 5) is 11.1. The highest BCUT2D eigenvalue weighted by atomic mass is 79.9. The fraction of sp³-hybridized carbons (Fsp3) is 0.462. The van der Waals surface area contributed by atoms with Crippen molar-refractivity contribution < 1.29 is 18.3 Å². The SMILES string of the molecule is Cc1ccc(S(=O)(=O)N2CCSCC2CC(=O)O)c(Br)c1. The monoisotopic (exact) mass is 393 g/mol. The Labute approximate surface area is 136 Å². The topological polar surface area (TPSA) is 74.7 Å². The van der Waals surface area contributed by atoms with Crippen LogP contribution < -0.4 is 0 Å². The summed E-state index contributed by atoms with van der Waals surface area (Å²) in [5.74, 6) is 0.207. The number of benzene rings is 1. The van der Waals surface area contributed by atoms with E-state index in [9.17, 15) is 13.2 Å². The van der Waals surface area contributed by atoms with Crippen molar-refractivity contribution in [2.24, 2.45) is 0 Å². The van der Waals surface area contributed by atoms with Crippen molar-refractivity contribution in [2.75, 3.05) is 18.1 Å². The quantitative estimate of drug-likeness (QED) is 0.849. The van der Waals surface area contributed by atoms with Crippen LogP contribution in [-0.4, -0.2) is 47.9 Å². The van der Waals surface area contributed by atoms with Crippen LogP contribution in [-0.2, 0) is 14.8 Å². The molecule has 8 heteroatoms. The number of hydrogen-bond acceptors (Lipinski definition) is 4. The molecule has 1 atom stereocenters. The van der Waals surface area contributed by atoms with Gasteiger partial charge in [-0.05, 0) is 40.5 Å². The molecule has 1 unspecified atom stereocenters. The summed E-state index contributed by atoms with van der Waals surface area (Å²) in [6.07, 6.45) is -0.171. The van der Waals surface area contributed by atoms with Crippen LogP contribution in [0.1, 0.15) is 12.0 Å². The zero-order valence-corrected chi connectivity index (χ0v) is 14.7. The third-order valence-electron chi connectivity index (χ3n) is 3.26. The molecule has 1 aromatic carbocycles. The van der Waals surface area contributed by atoms with Crippen molar-refractivity contribution in [2.45, 2.75) is 24.3 Å². The van der Waals surface area contributed by atoms with Gasteiger partial charge in [-0.3, -0.25) is 4.79 Å². The fourth-order valence-corrected chi connectivity index (χ4v) is 6.31. The maximum atomic E-state index is 12.8. The van der Waals surface area contributed by atoms with Crippen molar-refractivity contribution in [1.82, 2.24) is 4.31 Å². The van der Waals surface area contributed by atoms with Gasteiger partial charge < -0.3 is 5.11 Å². The average molecular weight is 394 g/mol. The van der Waals surface area contributed by atoms with E-state index in [2.05, 4.69) is 15.9 Å². The van der Waals surface area contributed by atoms with Gasteiger partial charge in [-0.25, -0.2) is 8.42 Å². The van der Waals surface area contributed by atoms with Gasteiger partial charge in [0.2, 0.25) is 10.0 Å². The lowest BCUT2D eigenvalue weighted by Gasteiger charge is -2.33. The summed E-state index contributed by atoms with van der Waals surface area (Å²) in [7, 11) is -3.69. The molecule has 1 N–H and O–H groups in total. The number of nitrogens with zero attached hydrogens (tertiary/aromatic N) is 1. The summed E-state index contributed by atoms with van der Waals surface area (Å²) in [6, 6.07) is 4.55. The van der Waals surface area contributed by atoms with Crippen LogP contribution in [0.15, 0.2) is 27.6 Å². The van der Waals surface area contributed by atoms with Gasteiger partial charge in [0, 0.05) is 28.6 Å². The fourth-order valence-electron chi connectivity index (χ4n) is 2.26. The number of halogens is 1. The molecule has 5 nitrogen and oxygen atoms in total. The molecule has 0 aliphatic carbocycles. The Kier molecular flexibility index (Phi) is 5.34. The van der Waals surface area contributed by atoms with Gasteiger partial charge in [-0.1, -0.05) is 6.07 Å². The molecule has 0 amide bonds. The highest BCUT2D eigenvalue weighted by molar-refractivity contribution is 9.10. The largest absolute Gasteiger partial charge is 0.481 e. The van der Waals surface area contributed by atoms with Gasteiger partial charge in [0.25, 0.3) is 0 Å². The molecule has 0 radical (unpaired) electrons. The van der Waals surface area contributed by atoms with Crippen molar-refractivity contribution >= 4 is 43.7 Å². The van der Waals surface area contributed by atoms with Crippen LogP contribution in [0, 0.1) is 6.92 Å². The first kappa shape index (κ1) is 16.8. The van der Waals surface area contributed by atoms with Crippen molar-refractivity contribution in [1.29, 1.82) is 0 Å². The Hall–Kier alpha value is -0.570. The van der Waals surface area contributed by atoms with E-state index in [4.69, 9.17) is 5.11 Å². The predicted molar refractivity (Wildman–Crippen MR) is 86.1 cm³/mol. The van der Waals surface area contributed by atoms with Crippen LogP contribution in [0.3, 0.4) is 0 Å². The maximum absolute atomic E-state index is 12.8. The standard InChI is InChI=1S/C13H16BrNO4S2/c1-9-2-3-12(11(14)6-9)21(18,19)15-4-5-20-8-10(15)7-13(16)17/h2-3,6,10H,4-5,7-8H2,1H3,(H,16,17). The van der Waals surface area contributed by atoms with Crippen LogP contribution >= 0.6 is 27.7 Å². The molecule has 0 saturated carbocycles. The molecule has 0 spiro atoms.